The first-order valence-corrected chi connectivity index (χ1v) is 9.08. The minimum absolute atomic E-state index is 0.0971. The van der Waals surface area contributed by atoms with Crippen LogP contribution in [0.4, 0.5) is 0 Å². The van der Waals surface area contributed by atoms with Crippen molar-refractivity contribution in [1.82, 2.24) is 0 Å². The topological polar surface area (TPSA) is 42.6 Å². The van der Waals surface area contributed by atoms with E-state index in [9.17, 15) is 4.79 Å². The van der Waals surface area contributed by atoms with Crippen molar-refractivity contribution in [1.29, 1.82) is 0 Å². The number of furan rings is 1. The second-order valence-corrected chi connectivity index (χ2v) is 8.41. The van der Waals surface area contributed by atoms with Gasteiger partial charge >= 0.3 is 0 Å². The van der Waals surface area contributed by atoms with E-state index in [2.05, 4.69) is 26.8 Å². The zero-order valence-corrected chi connectivity index (χ0v) is 14.4. The van der Waals surface area contributed by atoms with Gasteiger partial charge in [-0.05, 0) is 55.1 Å². The fourth-order valence-corrected chi connectivity index (χ4v) is 5.33. The van der Waals surface area contributed by atoms with E-state index >= 15 is 0 Å². The number of aliphatic imine (C=N–C) groups is 1. The Balaban J connectivity index is 1.49. The van der Waals surface area contributed by atoms with Crippen molar-refractivity contribution in [2.45, 2.75) is 58.9 Å². The Morgan fingerprint density at radius 3 is 2.91 bits per heavy atom. The average molecular weight is 313 g/mol. The molecule has 3 aliphatic rings. The molecule has 3 heteroatoms. The van der Waals surface area contributed by atoms with Crippen LogP contribution in [0.25, 0.3) is 0 Å². The number of Topliss-reactive ketones (excluding diaryl/α,β-unsaturated/α-hetero) is 1. The number of ketones is 1. The summed E-state index contributed by atoms with van der Waals surface area (Å²) in [5, 5.41) is 0. The smallest absolute Gasteiger partial charge is 0.142 e. The van der Waals surface area contributed by atoms with Crippen molar-refractivity contribution in [2.75, 3.05) is 0 Å². The van der Waals surface area contributed by atoms with Crippen LogP contribution in [0, 0.1) is 29.1 Å². The lowest BCUT2D eigenvalue weighted by molar-refractivity contribution is -0.120. The summed E-state index contributed by atoms with van der Waals surface area (Å²) >= 11 is 0. The van der Waals surface area contributed by atoms with Gasteiger partial charge in [-0.1, -0.05) is 20.3 Å². The molecule has 0 N–H and O–H groups in total. The van der Waals surface area contributed by atoms with Crippen LogP contribution >= 0.6 is 0 Å². The van der Waals surface area contributed by atoms with Crippen molar-refractivity contribution in [3.05, 3.63) is 24.2 Å². The molecular formula is C20H27NO2. The van der Waals surface area contributed by atoms with Gasteiger partial charge in [-0.2, -0.15) is 0 Å². The van der Waals surface area contributed by atoms with Gasteiger partial charge in [0.05, 0.1) is 18.2 Å². The van der Waals surface area contributed by atoms with E-state index in [1.807, 2.05) is 6.07 Å². The molecule has 4 rings (SSSR count). The fraction of sp³-hybridized carbons (Fsp3) is 0.700. The number of fused-ring (bicyclic) bond motifs is 1. The molecule has 0 aliphatic heterocycles. The summed E-state index contributed by atoms with van der Waals surface area (Å²) in [5.74, 6) is 3.31. The predicted molar refractivity (Wildman–Crippen MR) is 90.5 cm³/mol. The first-order valence-electron chi connectivity index (χ1n) is 9.08. The van der Waals surface area contributed by atoms with Gasteiger partial charge in [0.15, 0.2) is 0 Å². The maximum Gasteiger partial charge on any atom is 0.142 e. The molecule has 3 saturated carbocycles. The highest BCUT2D eigenvalue weighted by atomic mass is 16.3. The maximum absolute atomic E-state index is 12.4. The van der Waals surface area contributed by atoms with Crippen LogP contribution in [0.3, 0.4) is 0 Å². The quantitative estimate of drug-likeness (QED) is 0.777. The molecule has 1 aromatic heterocycles. The molecule has 0 aromatic carbocycles. The summed E-state index contributed by atoms with van der Waals surface area (Å²) < 4.78 is 5.51. The maximum atomic E-state index is 12.4. The van der Waals surface area contributed by atoms with Gasteiger partial charge in [-0.3, -0.25) is 9.79 Å². The van der Waals surface area contributed by atoms with Gasteiger partial charge in [0.25, 0.3) is 0 Å². The van der Waals surface area contributed by atoms with E-state index in [4.69, 9.17) is 9.41 Å². The van der Waals surface area contributed by atoms with Crippen LogP contribution in [0.1, 0.15) is 52.2 Å². The molecule has 5 atom stereocenters. The van der Waals surface area contributed by atoms with Gasteiger partial charge < -0.3 is 4.42 Å². The lowest BCUT2D eigenvalue weighted by Gasteiger charge is -2.20. The van der Waals surface area contributed by atoms with Crippen LogP contribution in [0.15, 0.2) is 27.8 Å². The monoisotopic (exact) mass is 313 g/mol. The normalized spacial score (nSPS) is 38.8. The number of hydrogen-bond donors (Lipinski definition) is 0. The van der Waals surface area contributed by atoms with Crippen LogP contribution < -0.4 is 0 Å². The largest absolute Gasteiger partial charge is 0.469 e. The van der Waals surface area contributed by atoms with E-state index in [0.29, 0.717) is 35.0 Å². The molecule has 3 fully saturated rings. The van der Waals surface area contributed by atoms with Crippen LogP contribution in [0.5, 0.6) is 0 Å². The highest BCUT2D eigenvalue weighted by Crippen LogP contribution is 2.68. The van der Waals surface area contributed by atoms with E-state index in [-0.39, 0.29) is 5.92 Å². The Labute approximate surface area is 138 Å². The molecule has 0 saturated heterocycles. The van der Waals surface area contributed by atoms with Crippen molar-refractivity contribution in [3.8, 4) is 0 Å². The molecule has 3 aliphatic carbocycles. The summed E-state index contributed by atoms with van der Waals surface area (Å²) in [6, 6.07) is 4.39. The van der Waals surface area contributed by atoms with E-state index in [1.165, 1.54) is 12.8 Å². The Morgan fingerprint density at radius 2 is 2.22 bits per heavy atom. The second-order valence-electron chi connectivity index (χ2n) is 8.41. The predicted octanol–water partition coefficient (Wildman–Crippen LogP) is 4.31. The molecule has 0 radical (unpaired) electrons. The van der Waals surface area contributed by atoms with Crippen molar-refractivity contribution < 1.29 is 9.21 Å². The molecule has 0 spiro atoms. The van der Waals surface area contributed by atoms with Gasteiger partial charge in [0, 0.05) is 18.6 Å². The highest BCUT2D eigenvalue weighted by molar-refractivity contribution is 6.07. The third kappa shape index (κ3) is 2.49. The first-order chi connectivity index (χ1) is 11.0. The van der Waals surface area contributed by atoms with E-state index in [0.717, 1.165) is 30.7 Å². The van der Waals surface area contributed by atoms with E-state index < -0.39 is 0 Å². The lowest BCUT2D eigenvalue weighted by Crippen LogP contribution is -2.26. The number of carbonyl (C=O) groups excluding carboxylic acids is 1. The summed E-state index contributed by atoms with van der Waals surface area (Å²) in [4.78, 5) is 17.4. The summed E-state index contributed by atoms with van der Waals surface area (Å²) in [6.45, 7) is 6.72. The molecule has 1 heterocycles. The van der Waals surface area contributed by atoms with Crippen molar-refractivity contribution in [2.24, 2.45) is 34.1 Å². The zero-order valence-electron chi connectivity index (χ0n) is 14.4. The van der Waals surface area contributed by atoms with Crippen molar-refractivity contribution >= 4 is 11.5 Å². The average Bonchev–Trinajstić information content (AvgIpc) is 3.04. The third-order valence-electron chi connectivity index (χ3n) is 6.75. The minimum Gasteiger partial charge on any atom is -0.469 e. The molecule has 0 amide bonds. The van der Waals surface area contributed by atoms with Gasteiger partial charge in [-0.25, -0.2) is 0 Å². The third-order valence-corrected chi connectivity index (χ3v) is 6.75. The van der Waals surface area contributed by atoms with Crippen LogP contribution in [-0.4, -0.2) is 17.5 Å². The van der Waals surface area contributed by atoms with E-state index in [1.54, 1.807) is 6.26 Å². The number of hydrogen-bond acceptors (Lipinski definition) is 3. The highest BCUT2D eigenvalue weighted by Gasteiger charge is 2.67. The molecule has 1 unspecified atom stereocenters. The first kappa shape index (κ1) is 15.2. The number of nitrogens with zero attached hydrogens (tertiary/aromatic N) is 1. The Kier molecular flexibility index (Phi) is 3.51. The standard InChI is InChI=1S/C20H27NO2/c1-12(18-17(22)11-15-19(18)20(15,2)3)21-16-8-4-6-13(16)10-14-7-5-9-23-14/h5,7,9,13,15-16,18-19H,4,6,8,10-11H2,1-3H3/t13-,15-,16-,18?,19-/m1/s1. The number of carbonyl (C=O) groups is 1. The molecule has 1 aromatic rings. The second kappa shape index (κ2) is 5.32. The van der Waals surface area contributed by atoms with Crippen LogP contribution in [0.2, 0.25) is 0 Å². The summed E-state index contributed by atoms with van der Waals surface area (Å²) in [6.07, 6.45) is 7.11. The zero-order chi connectivity index (χ0) is 16.2. The van der Waals surface area contributed by atoms with Crippen molar-refractivity contribution in [3.63, 3.8) is 0 Å². The Hall–Kier alpha value is -1.38. The molecule has 0 bridgehead atoms. The number of rotatable bonds is 4. The Bertz CT molecular complexity index is 628. The van der Waals surface area contributed by atoms with Gasteiger partial charge in [0.2, 0.25) is 0 Å². The molecular weight excluding hydrogens is 286 g/mol. The van der Waals surface area contributed by atoms with Gasteiger partial charge in [0.1, 0.15) is 11.5 Å². The summed E-state index contributed by atoms with van der Waals surface area (Å²) in [7, 11) is 0. The van der Waals surface area contributed by atoms with Crippen LogP contribution in [-0.2, 0) is 11.2 Å². The fourth-order valence-electron chi connectivity index (χ4n) is 5.33. The molecule has 23 heavy (non-hydrogen) atoms. The Morgan fingerprint density at radius 1 is 1.39 bits per heavy atom. The minimum atomic E-state index is 0.0971. The summed E-state index contributed by atoms with van der Waals surface area (Å²) in [5.41, 5.74) is 1.45. The lowest BCUT2D eigenvalue weighted by atomic mass is 9.88. The molecule has 3 nitrogen and oxygen atoms in total. The molecule has 124 valence electrons. The van der Waals surface area contributed by atoms with Gasteiger partial charge in [-0.15, -0.1) is 0 Å². The SMILES string of the molecule is CC(=N[C@@H]1CCC[C@@H]1Cc1ccco1)C1C(=O)C[C@@H]2[C@H]1C2(C)C.